The molecule has 0 aromatic heterocycles. The summed E-state index contributed by atoms with van der Waals surface area (Å²) in [5, 5.41) is 4.39. The van der Waals surface area contributed by atoms with E-state index in [4.69, 9.17) is 9.57 Å². The molecular formula is C27H25N3O5. The number of imide groups is 1. The molecule has 178 valence electrons. The third-order valence-electron chi connectivity index (χ3n) is 6.10. The van der Waals surface area contributed by atoms with Gasteiger partial charge in [-0.3, -0.25) is 19.2 Å². The largest absolute Gasteiger partial charge is 0.492 e. The number of hydrogen-bond acceptors (Lipinski definition) is 6. The quantitative estimate of drug-likeness (QED) is 0.545. The van der Waals surface area contributed by atoms with Crippen LogP contribution < -0.4 is 20.0 Å². The molecule has 8 nitrogen and oxygen atoms in total. The molecule has 0 spiro atoms. The van der Waals surface area contributed by atoms with Gasteiger partial charge in [0.2, 0.25) is 11.8 Å². The van der Waals surface area contributed by atoms with Crippen molar-refractivity contribution < 1.29 is 24.0 Å². The van der Waals surface area contributed by atoms with Gasteiger partial charge in [0, 0.05) is 12.6 Å². The van der Waals surface area contributed by atoms with E-state index in [0.717, 1.165) is 11.3 Å². The molecule has 0 bridgehead atoms. The van der Waals surface area contributed by atoms with Crippen molar-refractivity contribution in [2.24, 2.45) is 5.92 Å². The third kappa shape index (κ3) is 4.02. The van der Waals surface area contributed by atoms with E-state index in [-0.39, 0.29) is 11.8 Å². The number of fused-ring (bicyclic) bond motifs is 1. The molecule has 2 fully saturated rings. The van der Waals surface area contributed by atoms with Crippen LogP contribution in [-0.4, -0.2) is 30.4 Å². The van der Waals surface area contributed by atoms with E-state index in [1.165, 1.54) is 11.8 Å². The summed E-state index contributed by atoms with van der Waals surface area (Å²) in [6.45, 7) is 3.69. The van der Waals surface area contributed by atoms with E-state index in [1.54, 1.807) is 41.5 Å². The molecule has 0 aliphatic carbocycles. The first-order valence-corrected chi connectivity index (χ1v) is 11.5. The first kappa shape index (κ1) is 22.6. The SMILES string of the molecule is CCOc1ccccc1N1C(=O)[C@@H]2[C@@H](ON(c3ccccc3)[C@H]2c2ccc(NC(C)=O)cc2)C1=O. The minimum Gasteiger partial charge on any atom is -0.492 e. The number of para-hydroxylation sites is 3. The van der Waals surface area contributed by atoms with Crippen LogP contribution >= 0.6 is 0 Å². The minimum absolute atomic E-state index is 0.173. The lowest BCUT2D eigenvalue weighted by atomic mass is 9.90. The molecule has 0 radical (unpaired) electrons. The monoisotopic (exact) mass is 471 g/mol. The zero-order valence-electron chi connectivity index (χ0n) is 19.4. The number of amides is 3. The molecule has 1 N–H and O–H groups in total. The molecule has 3 atom stereocenters. The van der Waals surface area contributed by atoms with Gasteiger partial charge in [0.25, 0.3) is 5.91 Å². The Morgan fingerprint density at radius 1 is 0.943 bits per heavy atom. The molecule has 5 rings (SSSR count). The van der Waals surface area contributed by atoms with Gasteiger partial charge in [0.1, 0.15) is 11.7 Å². The first-order valence-electron chi connectivity index (χ1n) is 11.5. The number of hydroxylamine groups is 1. The smallest absolute Gasteiger partial charge is 0.266 e. The van der Waals surface area contributed by atoms with Crippen LogP contribution in [0.25, 0.3) is 0 Å². The predicted octanol–water partition coefficient (Wildman–Crippen LogP) is 4.09. The molecular weight excluding hydrogens is 446 g/mol. The number of benzene rings is 3. The molecule has 3 amide bonds. The fourth-order valence-corrected chi connectivity index (χ4v) is 4.68. The molecule has 2 saturated heterocycles. The fraction of sp³-hybridized carbons (Fsp3) is 0.222. The number of rotatable bonds is 6. The fourth-order valence-electron chi connectivity index (χ4n) is 4.68. The number of ether oxygens (including phenoxy) is 1. The van der Waals surface area contributed by atoms with Crippen molar-refractivity contribution in [1.82, 2.24) is 0 Å². The maximum Gasteiger partial charge on any atom is 0.266 e. The second-order valence-electron chi connectivity index (χ2n) is 8.37. The van der Waals surface area contributed by atoms with Gasteiger partial charge in [0.05, 0.1) is 24.0 Å². The number of carbonyl (C=O) groups excluding carboxylic acids is 3. The van der Waals surface area contributed by atoms with Crippen LogP contribution in [0.4, 0.5) is 17.1 Å². The molecule has 3 aromatic rings. The number of anilines is 3. The maximum atomic E-state index is 13.8. The van der Waals surface area contributed by atoms with Gasteiger partial charge in [-0.1, -0.05) is 42.5 Å². The molecule has 2 aliphatic heterocycles. The zero-order chi connectivity index (χ0) is 24.5. The molecule has 2 heterocycles. The summed E-state index contributed by atoms with van der Waals surface area (Å²) in [5.41, 5.74) is 2.58. The second-order valence-corrected chi connectivity index (χ2v) is 8.37. The van der Waals surface area contributed by atoms with E-state index < -0.39 is 24.0 Å². The summed E-state index contributed by atoms with van der Waals surface area (Å²) in [5.74, 6) is -1.24. The Morgan fingerprint density at radius 2 is 1.63 bits per heavy atom. The Labute approximate surface area is 203 Å². The first-order chi connectivity index (χ1) is 17.0. The van der Waals surface area contributed by atoms with Crippen molar-refractivity contribution >= 4 is 34.8 Å². The lowest BCUT2D eigenvalue weighted by Crippen LogP contribution is -2.37. The van der Waals surface area contributed by atoms with Crippen LogP contribution in [0.1, 0.15) is 25.5 Å². The Hall–Kier alpha value is -4.17. The summed E-state index contributed by atoms with van der Waals surface area (Å²) >= 11 is 0. The van der Waals surface area contributed by atoms with Crippen molar-refractivity contribution in [3.8, 4) is 5.75 Å². The minimum atomic E-state index is -0.975. The molecule has 0 saturated carbocycles. The highest BCUT2D eigenvalue weighted by atomic mass is 16.7. The summed E-state index contributed by atoms with van der Waals surface area (Å²) in [6.07, 6.45) is -0.975. The average Bonchev–Trinajstić information content (AvgIpc) is 3.36. The van der Waals surface area contributed by atoms with Gasteiger partial charge in [-0.2, -0.15) is 0 Å². The molecule has 8 heteroatoms. The topological polar surface area (TPSA) is 88.2 Å². The standard InChI is InChI=1S/C27H25N3O5/c1-3-34-22-12-8-7-11-21(22)29-26(32)23-24(18-13-15-19(16-14-18)28-17(2)31)30(35-25(23)27(29)33)20-9-5-4-6-10-20/h4-16,23-25H,3H2,1-2H3,(H,28,31)/t23-,24-,25+/m0/s1. The van der Waals surface area contributed by atoms with E-state index in [0.29, 0.717) is 23.7 Å². The maximum absolute atomic E-state index is 13.8. The third-order valence-corrected chi connectivity index (χ3v) is 6.10. The molecule has 2 aliphatic rings. The Bertz CT molecular complexity index is 1260. The second kappa shape index (κ2) is 9.23. The Morgan fingerprint density at radius 3 is 2.31 bits per heavy atom. The predicted molar refractivity (Wildman–Crippen MR) is 131 cm³/mol. The van der Waals surface area contributed by atoms with E-state index in [9.17, 15) is 14.4 Å². The molecule has 0 unspecified atom stereocenters. The highest BCUT2D eigenvalue weighted by Crippen LogP contribution is 2.48. The average molecular weight is 472 g/mol. The van der Waals surface area contributed by atoms with Crippen molar-refractivity contribution in [3.63, 3.8) is 0 Å². The normalized spacial score (nSPS) is 21.3. The van der Waals surface area contributed by atoms with Crippen LogP contribution in [0.3, 0.4) is 0 Å². The lowest BCUT2D eigenvalue weighted by molar-refractivity contribution is -0.126. The Balaban J connectivity index is 1.55. The van der Waals surface area contributed by atoms with Crippen LogP contribution in [0.5, 0.6) is 5.75 Å². The Kier molecular flexibility index (Phi) is 5.96. The van der Waals surface area contributed by atoms with Gasteiger partial charge in [-0.05, 0) is 48.9 Å². The molecule has 35 heavy (non-hydrogen) atoms. The lowest BCUT2D eigenvalue weighted by Gasteiger charge is -2.29. The number of nitrogens with zero attached hydrogens (tertiary/aromatic N) is 2. The number of nitrogens with one attached hydrogen (secondary N) is 1. The van der Waals surface area contributed by atoms with E-state index in [2.05, 4.69) is 5.32 Å². The van der Waals surface area contributed by atoms with Crippen molar-refractivity contribution in [1.29, 1.82) is 0 Å². The van der Waals surface area contributed by atoms with Crippen molar-refractivity contribution in [2.45, 2.75) is 26.0 Å². The molecule has 3 aromatic carbocycles. The van der Waals surface area contributed by atoms with Gasteiger partial charge >= 0.3 is 0 Å². The van der Waals surface area contributed by atoms with Gasteiger partial charge in [-0.15, -0.1) is 0 Å². The summed E-state index contributed by atoms with van der Waals surface area (Å²) in [4.78, 5) is 46.1. The highest BCUT2D eigenvalue weighted by Gasteiger charge is 2.60. The number of carbonyl (C=O) groups is 3. The van der Waals surface area contributed by atoms with Crippen molar-refractivity contribution in [2.75, 3.05) is 21.9 Å². The van der Waals surface area contributed by atoms with E-state index >= 15 is 0 Å². The van der Waals surface area contributed by atoms with Crippen LogP contribution in [-0.2, 0) is 19.2 Å². The van der Waals surface area contributed by atoms with Gasteiger partial charge in [-0.25, -0.2) is 9.96 Å². The zero-order valence-corrected chi connectivity index (χ0v) is 19.4. The van der Waals surface area contributed by atoms with Gasteiger partial charge in [0.15, 0.2) is 6.10 Å². The van der Waals surface area contributed by atoms with Crippen LogP contribution in [0, 0.1) is 5.92 Å². The van der Waals surface area contributed by atoms with Crippen LogP contribution in [0.2, 0.25) is 0 Å². The van der Waals surface area contributed by atoms with Crippen molar-refractivity contribution in [3.05, 3.63) is 84.4 Å². The summed E-state index contributed by atoms with van der Waals surface area (Å²) in [6, 6.07) is 23.1. The van der Waals surface area contributed by atoms with E-state index in [1.807, 2.05) is 49.4 Å². The summed E-state index contributed by atoms with van der Waals surface area (Å²) < 4.78 is 5.68. The van der Waals surface area contributed by atoms with Crippen LogP contribution in [0.15, 0.2) is 78.9 Å². The summed E-state index contributed by atoms with van der Waals surface area (Å²) in [7, 11) is 0. The number of hydrogen-bond donors (Lipinski definition) is 1. The highest BCUT2D eigenvalue weighted by molar-refractivity contribution is 6.24. The van der Waals surface area contributed by atoms with Gasteiger partial charge < -0.3 is 10.1 Å².